The van der Waals surface area contributed by atoms with Crippen molar-refractivity contribution in [3.8, 4) is 0 Å². The van der Waals surface area contributed by atoms with E-state index in [9.17, 15) is 19.7 Å². The molecule has 0 radical (unpaired) electrons. The lowest BCUT2D eigenvalue weighted by Crippen LogP contribution is -2.39. The minimum absolute atomic E-state index is 0.0730. The van der Waals surface area contributed by atoms with Gasteiger partial charge in [-0.15, -0.1) is 0 Å². The molecule has 0 atom stereocenters. The number of cyclic esters (lactones) is 2. The van der Waals surface area contributed by atoms with Crippen molar-refractivity contribution in [2.75, 3.05) is 0 Å². The number of nitro benzene ring substituents is 1. The molecule has 6 nitrogen and oxygen atoms in total. The fraction of sp³-hybridized carbons (Fsp3) is 0.273. The highest BCUT2D eigenvalue weighted by molar-refractivity contribution is 6.06. The van der Waals surface area contributed by atoms with Crippen molar-refractivity contribution in [1.82, 2.24) is 0 Å². The molecule has 0 spiro atoms. The van der Waals surface area contributed by atoms with E-state index in [1.807, 2.05) is 0 Å². The van der Waals surface area contributed by atoms with Crippen molar-refractivity contribution >= 4 is 17.6 Å². The topological polar surface area (TPSA) is 86.5 Å². The normalized spacial score (nSPS) is 17.3. The summed E-state index contributed by atoms with van der Waals surface area (Å²) in [5, 5.41) is 10.6. The van der Waals surface area contributed by atoms with E-state index in [4.69, 9.17) is 0 Å². The number of hydrogen-bond donors (Lipinski definition) is 0. The van der Waals surface area contributed by atoms with Crippen molar-refractivity contribution in [2.45, 2.75) is 19.3 Å². The van der Waals surface area contributed by atoms with Crippen LogP contribution in [0.15, 0.2) is 18.2 Å². The number of nitrogens with zero attached hydrogens (tertiary/aromatic N) is 1. The Morgan fingerprint density at radius 2 is 1.94 bits per heavy atom. The zero-order chi connectivity index (χ0) is 12.8. The first-order chi connectivity index (χ1) is 7.84. The smallest absolute Gasteiger partial charge is 0.346 e. The van der Waals surface area contributed by atoms with Gasteiger partial charge >= 0.3 is 11.9 Å². The zero-order valence-electron chi connectivity index (χ0n) is 9.22. The highest BCUT2D eigenvalue weighted by Gasteiger charge is 2.42. The average molecular weight is 235 g/mol. The van der Waals surface area contributed by atoms with Gasteiger partial charge in [-0.05, 0) is 19.4 Å². The molecule has 0 bridgehead atoms. The summed E-state index contributed by atoms with van der Waals surface area (Å²) in [6.07, 6.45) is 0. The molecule has 6 heteroatoms. The van der Waals surface area contributed by atoms with Crippen LogP contribution in [-0.2, 0) is 14.9 Å². The third-order valence-corrected chi connectivity index (χ3v) is 2.80. The van der Waals surface area contributed by atoms with E-state index in [0.29, 0.717) is 5.56 Å². The highest BCUT2D eigenvalue weighted by Crippen LogP contribution is 2.34. The van der Waals surface area contributed by atoms with Gasteiger partial charge in [0.2, 0.25) is 0 Å². The predicted molar refractivity (Wildman–Crippen MR) is 56.5 cm³/mol. The Morgan fingerprint density at radius 3 is 2.53 bits per heavy atom. The number of esters is 2. The van der Waals surface area contributed by atoms with Crippen LogP contribution >= 0.6 is 0 Å². The number of hydrogen-bond acceptors (Lipinski definition) is 5. The molecule has 1 aliphatic rings. The molecule has 1 aromatic rings. The van der Waals surface area contributed by atoms with Crippen molar-refractivity contribution in [2.24, 2.45) is 0 Å². The van der Waals surface area contributed by atoms with E-state index in [1.165, 1.54) is 12.1 Å². The van der Waals surface area contributed by atoms with E-state index in [2.05, 4.69) is 4.74 Å². The Morgan fingerprint density at radius 1 is 1.29 bits per heavy atom. The van der Waals surface area contributed by atoms with Gasteiger partial charge in [-0.3, -0.25) is 14.9 Å². The van der Waals surface area contributed by atoms with Crippen LogP contribution < -0.4 is 0 Å². The molecule has 0 amide bonds. The van der Waals surface area contributed by atoms with Gasteiger partial charge in [0.05, 0.1) is 15.9 Å². The molecule has 0 fully saturated rings. The van der Waals surface area contributed by atoms with Crippen LogP contribution in [-0.4, -0.2) is 16.9 Å². The van der Waals surface area contributed by atoms with E-state index < -0.39 is 22.3 Å². The molecule has 0 aromatic heterocycles. The number of ether oxygens (including phenoxy) is 1. The monoisotopic (exact) mass is 235 g/mol. The molecular weight excluding hydrogens is 226 g/mol. The van der Waals surface area contributed by atoms with Gasteiger partial charge in [0, 0.05) is 12.1 Å². The number of rotatable bonds is 1. The Kier molecular flexibility index (Phi) is 2.23. The summed E-state index contributed by atoms with van der Waals surface area (Å²) in [7, 11) is 0. The Bertz CT molecular complexity index is 547. The molecule has 88 valence electrons. The first kappa shape index (κ1) is 11.3. The van der Waals surface area contributed by atoms with E-state index in [0.717, 1.165) is 6.07 Å². The van der Waals surface area contributed by atoms with Gasteiger partial charge in [0.15, 0.2) is 0 Å². The minimum atomic E-state index is -0.974. The van der Waals surface area contributed by atoms with E-state index >= 15 is 0 Å². The lowest BCUT2D eigenvalue weighted by molar-refractivity contribution is -0.384. The van der Waals surface area contributed by atoms with Crippen LogP contribution in [0.25, 0.3) is 0 Å². The summed E-state index contributed by atoms with van der Waals surface area (Å²) in [5.74, 6) is -1.49. The van der Waals surface area contributed by atoms with Gasteiger partial charge < -0.3 is 4.74 Å². The third kappa shape index (κ3) is 1.57. The molecule has 0 aliphatic carbocycles. The van der Waals surface area contributed by atoms with Crippen LogP contribution in [0.4, 0.5) is 5.69 Å². The van der Waals surface area contributed by atoms with Crippen molar-refractivity contribution in [3.63, 3.8) is 0 Å². The lowest BCUT2D eigenvalue weighted by Gasteiger charge is -2.28. The number of nitro groups is 1. The van der Waals surface area contributed by atoms with Crippen LogP contribution in [0.1, 0.15) is 29.8 Å². The third-order valence-electron chi connectivity index (χ3n) is 2.80. The number of carbonyl (C=O) groups is 2. The fourth-order valence-corrected chi connectivity index (χ4v) is 1.74. The van der Waals surface area contributed by atoms with E-state index in [1.54, 1.807) is 13.8 Å². The van der Waals surface area contributed by atoms with Crippen molar-refractivity contribution in [3.05, 3.63) is 39.4 Å². The maximum atomic E-state index is 11.5. The zero-order valence-corrected chi connectivity index (χ0v) is 9.22. The first-order valence-electron chi connectivity index (χ1n) is 4.89. The molecular formula is C11H9NO5. The summed E-state index contributed by atoms with van der Waals surface area (Å²) in [5.41, 5.74) is -0.655. The van der Waals surface area contributed by atoms with Gasteiger partial charge in [-0.1, -0.05) is 6.07 Å². The molecule has 1 aromatic carbocycles. The number of carbonyl (C=O) groups excluding carboxylic acids is 2. The van der Waals surface area contributed by atoms with E-state index in [-0.39, 0.29) is 11.3 Å². The van der Waals surface area contributed by atoms with Crippen LogP contribution in [0.5, 0.6) is 0 Å². The minimum Gasteiger partial charge on any atom is -0.389 e. The maximum absolute atomic E-state index is 11.5. The van der Waals surface area contributed by atoms with Gasteiger partial charge in [-0.25, -0.2) is 4.79 Å². The number of fused-ring (bicyclic) bond motifs is 1. The highest BCUT2D eigenvalue weighted by atomic mass is 16.6. The molecule has 0 N–H and O–H groups in total. The Hall–Kier alpha value is -2.24. The second-order valence-electron chi connectivity index (χ2n) is 4.29. The summed E-state index contributed by atoms with van der Waals surface area (Å²) in [6, 6.07) is 3.82. The van der Waals surface area contributed by atoms with Gasteiger partial charge in [0.1, 0.15) is 0 Å². The van der Waals surface area contributed by atoms with Crippen molar-refractivity contribution in [1.29, 1.82) is 0 Å². The van der Waals surface area contributed by atoms with Gasteiger partial charge in [-0.2, -0.15) is 0 Å². The first-order valence-corrected chi connectivity index (χ1v) is 4.89. The summed E-state index contributed by atoms with van der Waals surface area (Å²) in [6.45, 7) is 3.21. The maximum Gasteiger partial charge on any atom is 0.346 e. The summed E-state index contributed by atoms with van der Waals surface area (Å²) < 4.78 is 4.56. The fourth-order valence-electron chi connectivity index (χ4n) is 1.74. The molecule has 17 heavy (non-hydrogen) atoms. The average Bonchev–Trinajstić information content (AvgIpc) is 2.26. The summed E-state index contributed by atoms with van der Waals surface area (Å²) >= 11 is 0. The Labute approximate surface area is 96.3 Å². The quantitative estimate of drug-likeness (QED) is 0.319. The van der Waals surface area contributed by atoms with Gasteiger partial charge in [0.25, 0.3) is 5.69 Å². The largest absolute Gasteiger partial charge is 0.389 e. The molecule has 0 saturated carbocycles. The molecule has 2 rings (SSSR count). The lowest BCUT2D eigenvalue weighted by atomic mass is 9.80. The molecule has 1 aliphatic heterocycles. The predicted octanol–water partition coefficient (Wildman–Crippen LogP) is 1.57. The van der Waals surface area contributed by atoms with Crippen LogP contribution in [0, 0.1) is 10.1 Å². The molecule has 1 heterocycles. The van der Waals surface area contributed by atoms with Crippen molar-refractivity contribution < 1.29 is 19.2 Å². The second kappa shape index (κ2) is 3.38. The standard InChI is InChI=1S/C11H9NO5/c1-11(2)8-4-3-6(12(15)16)5-7(8)9(13)17-10(11)14/h3-5H,1-2H3. The van der Waals surface area contributed by atoms with Crippen LogP contribution in [0.2, 0.25) is 0 Å². The number of benzene rings is 1. The summed E-state index contributed by atoms with van der Waals surface area (Å²) in [4.78, 5) is 33.0. The Balaban J connectivity index is 2.66. The molecule has 0 unspecified atom stereocenters. The SMILES string of the molecule is CC1(C)C(=O)OC(=O)c2cc([N+](=O)[O-])ccc21. The number of non-ortho nitro benzene ring substituents is 1. The molecule has 0 saturated heterocycles. The van der Waals surface area contributed by atoms with Crippen LogP contribution in [0.3, 0.4) is 0 Å². The second-order valence-corrected chi connectivity index (χ2v) is 4.29.